The Hall–Kier alpha value is -0.540. The van der Waals surface area contributed by atoms with Crippen LogP contribution < -0.4 is 5.73 Å². The molecule has 0 bridgehead atoms. The van der Waals surface area contributed by atoms with E-state index < -0.39 is 32.1 Å². The summed E-state index contributed by atoms with van der Waals surface area (Å²) in [4.78, 5) is 22.7. The summed E-state index contributed by atoms with van der Waals surface area (Å²) in [5.74, 6) is -1.15. The van der Waals surface area contributed by atoms with Gasteiger partial charge in [0.2, 0.25) is 0 Å². The van der Waals surface area contributed by atoms with Crippen molar-refractivity contribution in [3.63, 3.8) is 0 Å². The first-order valence-electron chi connectivity index (χ1n) is 10.3. The van der Waals surface area contributed by atoms with Crippen LogP contribution in [0, 0.1) is 11.8 Å². The Labute approximate surface area is 173 Å². The summed E-state index contributed by atoms with van der Waals surface area (Å²) in [7, 11) is -4.66. The minimum atomic E-state index is -4.66. The van der Waals surface area contributed by atoms with Crippen LogP contribution in [0.25, 0.3) is 0 Å². The molecular weight excluding hydrogens is 401 g/mol. The second kappa shape index (κ2) is 10.2. The van der Waals surface area contributed by atoms with Gasteiger partial charge in [-0.25, -0.2) is 9.36 Å². The van der Waals surface area contributed by atoms with Crippen molar-refractivity contribution in [3.8, 4) is 0 Å². The third-order valence-corrected chi connectivity index (χ3v) is 6.24. The SMILES string of the molecule is CC(C)OC[C@@H]1C(OP(=O)(O)OC(=O)[C@H]2O[C@@H](C)CC2OC(C)C)C[C@H](C)C1N. The average molecular weight is 437 g/mol. The van der Waals surface area contributed by atoms with Gasteiger partial charge in [0.25, 0.3) is 0 Å². The van der Waals surface area contributed by atoms with E-state index in [0.29, 0.717) is 19.4 Å². The Kier molecular flexibility index (Phi) is 8.68. The standard InChI is InChI=1S/C19H36NO8P/c1-10(2)24-9-14-15(7-12(5)17(14)20)27-29(22,23)28-19(21)18-16(25-11(3)4)8-13(6)26-18/h10-18H,7-9,20H2,1-6H3,(H,22,23)/t12-,13-,14+,15?,16?,17?,18-/m0/s1. The molecule has 1 saturated carbocycles. The van der Waals surface area contributed by atoms with Gasteiger partial charge in [-0.2, -0.15) is 0 Å². The lowest BCUT2D eigenvalue weighted by Gasteiger charge is -2.26. The van der Waals surface area contributed by atoms with Crippen LogP contribution in [0.15, 0.2) is 0 Å². The quantitative estimate of drug-likeness (QED) is 0.523. The molecule has 0 amide bonds. The highest BCUT2D eigenvalue weighted by molar-refractivity contribution is 7.48. The van der Waals surface area contributed by atoms with Crippen LogP contribution in [0.3, 0.4) is 0 Å². The largest absolute Gasteiger partial charge is 0.529 e. The maximum atomic E-state index is 12.6. The lowest BCUT2D eigenvalue weighted by Crippen LogP contribution is -2.38. The van der Waals surface area contributed by atoms with Gasteiger partial charge in [-0.05, 0) is 47.0 Å². The molecule has 1 saturated heterocycles. The predicted octanol–water partition coefficient (Wildman–Crippen LogP) is 2.39. The molecule has 2 rings (SSSR count). The first-order valence-corrected chi connectivity index (χ1v) is 11.8. The first kappa shape index (κ1) is 24.7. The fourth-order valence-electron chi connectivity index (χ4n) is 3.90. The Bertz CT molecular complexity index is 601. The summed E-state index contributed by atoms with van der Waals surface area (Å²) >= 11 is 0. The van der Waals surface area contributed by atoms with Crippen molar-refractivity contribution < 1.29 is 37.5 Å². The monoisotopic (exact) mass is 437 g/mol. The molecule has 29 heavy (non-hydrogen) atoms. The normalized spacial score (nSPS) is 37.2. The summed E-state index contributed by atoms with van der Waals surface area (Å²) in [6, 6.07) is -0.239. The van der Waals surface area contributed by atoms with E-state index in [4.69, 9.17) is 29.0 Å². The zero-order valence-electron chi connectivity index (χ0n) is 18.1. The zero-order valence-corrected chi connectivity index (χ0v) is 19.0. The minimum absolute atomic E-state index is 0.00286. The highest BCUT2D eigenvalue weighted by Gasteiger charge is 2.47. The van der Waals surface area contributed by atoms with E-state index in [0.717, 1.165) is 0 Å². The van der Waals surface area contributed by atoms with E-state index in [1.165, 1.54) is 0 Å². The Morgan fingerprint density at radius 1 is 1.17 bits per heavy atom. The number of carbonyl (C=O) groups is 1. The van der Waals surface area contributed by atoms with Gasteiger partial charge >= 0.3 is 13.8 Å². The molecule has 3 N–H and O–H groups in total. The van der Waals surface area contributed by atoms with Crippen LogP contribution in [0.5, 0.6) is 0 Å². The average Bonchev–Trinajstić information content (AvgIpc) is 3.04. The molecule has 0 spiro atoms. The lowest BCUT2D eigenvalue weighted by atomic mass is 10.0. The van der Waals surface area contributed by atoms with Crippen LogP contribution in [-0.4, -0.2) is 60.1 Å². The fraction of sp³-hybridized carbons (Fsp3) is 0.947. The lowest BCUT2D eigenvalue weighted by molar-refractivity contribution is -0.155. The maximum absolute atomic E-state index is 12.6. The smallest absolute Gasteiger partial charge is 0.378 e. The highest BCUT2D eigenvalue weighted by Crippen LogP contribution is 2.50. The fourth-order valence-corrected chi connectivity index (χ4v) is 4.86. The Balaban J connectivity index is 2.00. The molecule has 1 aliphatic carbocycles. The molecule has 2 fully saturated rings. The summed E-state index contributed by atoms with van der Waals surface area (Å²) in [5.41, 5.74) is 6.22. The number of rotatable bonds is 9. The van der Waals surface area contributed by atoms with Crippen molar-refractivity contribution >= 4 is 13.8 Å². The molecule has 0 aromatic rings. The third kappa shape index (κ3) is 6.99. The molecule has 2 aliphatic rings. The number of phosphoric acid groups is 1. The topological polar surface area (TPSA) is 127 Å². The van der Waals surface area contributed by atoms with Gasteiger partial charge < -0.3 is 24.5 Å². The first-order chi connectivity index (χ1) is 13.4. The van der Waals surface area contributed by atoms with Crippen LogP contribution in [0.1, 0.15) is 54.4 Å². The van der Waals surface area contributed by atoms with E-state index in [1.54, 1.807) is 6.92 Å². The number of hydrogen-bond acceptors (Lipinski definition) is 8. The van der Waals surface area contributed by atoms with E-state index in [-0.39, 0.29) is 36.2 Å². The zero-order chi connectivity index (χ0) is 21.9. The molecule has 170 valence electrons. The van der Waals surface area contributed by atoms with Gasteiger partial charge in [-0.1, -0.05) is 6.92 Å². The van der Waals surface area contributed by atoms with Gasteiger partial charge in [0.15, 0.2) is 6.10 Å². The van der Waals surface area contributed by atoms with Crippen LogP contribution in [0.2, 0.25) is 0 Å². The summed E-state index contributed by atoms with van der Waals surface area (Å²) in [6.45, 7) is 11.5. The summed E-state index contributed by atoms with van der Waals surface area (Å²) in [5, 5.41) is 0. The van der Waals surface area contributed by atoms with E-state index in [1.807, 2.05) is 34.6 Å². The van der Waals surface area contributed by atoms with Crippen LogP contribution in [0.4, 0.5) is 0 Å². The summed E-state index contributed by atoms with van der Waals surface area (Å²) < 4.78 is 39.7. The van der Waals surface area contributed by atoms with Gasteiger partial charge in [0.1, 0.15) is 0 Å². The van der Waals surface area contributed by atoms with Crippen molar-refractivity contribution in [1.82, 2.24) is 0 Å². The van der Waals surface area contributed by atoms with Crippen LogP contribution >= 0.6 is 7.82 Å². The minimum Gasteiger partial charge on any atom is -0.378 e. The van der Waals surface area contributed by atoms with Crippen molar-refractivity contribution in [2.45, 2.75) is 97.0 Å². The molecule has 0 aromatic carbocycles. The third-order valence-electron chi connectivity index (χ3n) is 5.29. The van der Waals surface area contributed by atoms with E-state index in [9.17, 15) is 14.3 Å². The number of hydrogen-bond donors (Lipinski definition) is 2. The molecule has 10 heteroatoms. The van der Waals surface area contributed by atoms with Crippen molar-refractivity contribution in [2.24, 2.45) is 17.6 Å². The van der Waals surface area contributed by atoms with Gasteiger partial charge in [-0.15, -0.1) is 0 Å². The van der Waals surface area contributed by atoms with Gasteiger partial charge in [0.05, 0.1) is 37.1 Å². The second-order valence-corrected chi connectivity index (χ2v) is 10.0. The Morgan fingerprint density at radius 2 is 1.83 bits per heavy atom. The predicted molar refractivity (Wildman–Crippen MR) is 106 cm³/mol. The van der Waals surface area contributed by atoms with E-state index in [2.05, 4.69) is 0 Å². The highest BCUT2D eigenvalue weighted by atomic mass is 31.2. The number of carbonyl (C=O) groups excluding carboxylic acids is 1. The van der Waals surface area contributed by atoms with E-state index >= 15 is 0 Å². The Morgan fingerprint density at radius 3 is 2.41 bits per heavy atom. The van der Waals surface area contributed by atoms with Crippen molar-refractivity contribution in [3.05, 3.63) is 0 Å². The molecule has 1 aliphatic heterocycles. The molecule has 9 nitrogen and oxygen atoms in total. The molecule has 0 aromatic heterocycles. The molecule has 0 radical (unpaired) electrons. The van der Waals surface area contributed by atoms with Gasteiger partial charge in [-0.3, -0.25) is 9.42 Å². The second-order valence-electron chi connectivity index (χ2n) is 8.69. The molecular formula is C19H36NO8P. The van der Waals surface area contributed by atoms with Crippen molar-refractivity contribution in [1.29, 1.82) is 0 Å². The van der Waals surface area contributed by atoms with Gasteiger partial charge in [0, 0.05) is 18.4 Å². The number of phosphoric ester groups is 1. The van der Waals surface area contributed by atoms with Crippen LogP contribution in [-0.2, 0) is 32.6 Å². The molecule has 1 heterocycles. The summed E-state index contributed by atoms with van der Waals surface area (Å²) in [6.07, 6.45) is -1.62. The number of ether oxygens (including phenoxy) is 3. The van der Waals surface area contributed by atoms with Crippen molar-refractivity contribution in [2.75, 3.05) is 6.61 Å². The molecule has 8 atom stereocenters. The number of nitrogens with two attached hydrogens (primary N) is 1. The maximum Gasteiger partial charge on any atom is 0.529 e. The molecule has 4 unspecified atom stereocenters.